The predicted octanol–water partition coefficient (Wildman–Crippen LogP) is 4.14. The highest BCUT2D eigenvalue weighted by molar-refractivity contribution is 7.99. The molecule has 0 unspecified atom stereocenters. The van der Waals surface area contributed by atoms with Crippen molar-refractivity contribution in [1.82, 2.24) is 20.2 Å². The second-order valence-corrected chi connectivity index (χ2v) is 5.93. The third-order valence-corrected chi connectivity index (χ3v) is 4.30. The SMILES string of the molecule is Cc1cccc2c(Sc3nnc(-c4ccccc4)o3)ncnc12. The topological polar surface area (TPSA) is 64.7 Å². The van der Waals surface area contributed by atoms with Gasteiger partial charge in [-0.1, -0.05) is 36.4 Å². The van der Waals surface area contributed by atoms with E-state index in [9.17, 15) is 0 Å². The highest BCUT2D eigenvalue weighted by atomic mass is 32.2. The number of aromatic nitrogens is 4. The second kappa shape index (κ2) is 5.81. The summed E-state index contributed by atoms with van der Waals surface area (Å²) in [6, 6.07) is 15.7. The van der Waals surface area contributed by atoms with Crippen LogP contribution in [0.3, 0.4) is 0 Å². The molecule has 6 heteroatoms. The van der Waals surface area contributed by atoms with Gasteiger partial charge in [0.05, 0.1) is 5.52 Å². The van der Waals surface area contributed by atoms with Crippen molar-refractivity contribution < 1.29 is 4.42 Å². The summed E-state index contributed by atoms with van der Waals surface area (Å²) in [4.78, 5) is 8.69. The third kappa shape index (κ3) is 2.68. The maximum Gasteiger partial charge on any atom is 0.283 e. The van der Waals surface area contributed by atoms with Crippen LogP contribution in [0, 0.1) is 6.92 Å². The summed E-state index contributed by atoms with van der Waals surface area (Å²) in [5.74, 6) is 0.502. The van der Waals surface area contributed by atoms with Gasteiger partial charge in [0.25, 0.3) is 5.22 Å². The Morgan fingerprint density at radius 2 is 1.78 bits per heavy atom. The highest BCUT2D eigenvalue weighted by Gasteiger charge is 2.13. The minimum absolute atomic E-state index is 0.463. The van der Waals surface area contributed by atoms with Gasteiger partial charge in [-0.3, -0.25) is 0 Å². The fraction of sp³-hybridized carbons (Fsp3) is 0.0588. The summed E-state index contributed by atoms with van der Waals surface area (Å²) in [6.07, 6.45) is 1.56. The molecule has 2 aromatic heterocycles. The molecule has 0 saturated heterocycles. The Kier molecular flexibility index (Phi) is 3.51. The quantitative estimate of drug-likeness (QED) is 0.529. The summed E-state index contributed by atoms with van der Waals surface area (Å²) >= 11 is 1.35. The first-order valence-corrected chi connectivity index (χ1v) is 7.90. The van der Waals surface area contributed by atoms with E-state index in [0.29, 0.717) is 11.1 Å². The molecule has 0 spiro atoms. The average Bonchev–Trinajstić information content (AvgIpc) is 3.05. The van der Waals surface area contributed by atoms with E-state index in [1.54, 1.807) is 6.33 Å². The van der Waals surface area contributed by atoms with Gasteiger partial charge in [0, 0.05) is 10.9 Å². The zero-order valence-electron chi connectivity index (χ0n) is 12.3. The van der Waals surface area contributed by atoms with Crippen LogP contribution in [0.15, 0.2) is 69.5 Å². The molecule has 2 aromatic carbocycles. The van der Waals surface area contributed by atoms with Gasteiger partial charge in [-0.05, 0) is 36.4 Å². The summed E-state index contributed by atoms with van der Waals surface area (Å²) in [5, 5.41) is 10.5. The van der Waals surface area contributed by atoms with E-state index < -0.39 is 0 Å². The zero-order valence-corrected chi connectivity index (χ0v) is 13.1. The normalized spacial score (nSPS) is 11.0. The minimum atomic E-state index is 0.463. The minimum Gasteiger partial charge on any atom is -0.411 e. The lowest BCUT2D eigenvalue weighted by Crippen LogP contribution is -1.89. The van der Waals surface area contributed by atoms with Crippen molar-refractivity contribution >= 4 is 22.7 Å². The summed E-state index contributed by atoms with van der Waals surface area (Å²) in [5.41, 5.74) is 2.95. The number of nitrogens with zero attached hydrogens (tertiary/aromatic N) is 4. The van der Waals surface area contributed by atoms with Gasteiger partial charge in [0.2, 0.25) is 5.89 Å². The fourth-order valence-electron chi connectivity index (χ4n) is 2.32. The van der Waals surface area contributed by atoms with E-state index in [-0.39, 0.29) is 0 Å². The van der Waals surface area contributed by atoms with Crippen LogP contribution >= 0.6 is 11.8 Å². The number of rotatable bonds is 3. The van der Waals surface area contributed by atoms with Gasteiger partial charge in [-0.25, -0.2) is 9.97 Å². The molecular weight excluding hydrogens is 308 g/mol. The third-order valence-electron chi connectivity index (χ3n) is 3.44. The van der Waals surface area contributed by atoms with Crippen LogP contribution in [0.1, 0.15) is 5.56 Å². The molecular formula is C17H12N4OS. The average molecular weight is 320 g/mol. The van der Waals surface area contributed by atoms with E-state index in [1.807, 2.05) is 55.5 Å². The van der Waals surface area contributed by atoms with Crippen LogP contribution < -0.4 is 0 Å². The lowest BCUT2D eigenvalue weighted by atomic mass is 10.1. The zero-order chi connectivity index (χ0) is 15.6. The molecule has 0 amide bonds. The van der Waals surface area contributed by atoms with Crippen molar-refractivity contribution in [3.63, 3.8) is 0 Å². The molecule has 5 nitrogen and oxygen atoms in total. The van der Waals surface area contributed by atoms with E-state index in [4.69, 9.17) is 4.42 Å². The molecule has 0 aliphatic rings. The van der Waals surface area contributed by atoms with Crippen molar-refractivity contribution in [2.24, 2.45) is 0 Å². The van der Waals surface area contributed by atoms with Gasteiger partial charge < -0.3 is 4.42 Å². The van der Waals surface area contributed by atoms with E-state index in [0.717, 1.165) is 27.1 Å². The van der Waals surface area contributed by atoms with Crippen LogP contribution in [0.2, 0.25) is 0 Å². The molecule has 4 aromatic rings. The molecule has 23 heavy (non-hydrogen) atoms. The Hall–Kier alpha value is -2.73. The lowest BCUT2D eigenvalue weighted by molar-refractivity contribution is 0.465. The van der Waals surface area contributed by atoms with Gasteiger partial charge in [0.1, 0.15) is 11.4 Å². The van der Waals surface area contributed by atoms with Gasteiger partial charge in [-0.15, -0.1) is 10.2 Å². The molecule has 0 N–H and O–H groups in total. The smallest absolute Gasteiger partial charge is 0.283 e. The highest BCUT2D eigenvalue weighted by Crippen LogP contribution is 2.32. The van der Waals surface area contributed by atoms with Crippen molar-refractivity contribution in [1.29, 1.82) is 0 Å². The maximum absolute atomic E-state index is 5.73. The number of hydrogen-bond donors (Lipinski definition) is 0. The Morgan fingerprint density at radius 3 is 2.65 bits per heavy atom. The molecule has 0 aliphatic carbocycles. The van der Waals surface area contributed by atoms with Crippen LogP contribution in [-0.2, 0) is 0 Å². The number of para-hydroxylation sites is 1. The van der Waals surface area contributed by atoms with Crippen molar-refractivity contribution in [3.05, 3.63) is 60.4 Å². The van der Waals surface area contributed by atoms with Crippen LogP contribution in [0.4, 0.5) is 0 Å². The van der Waals surface area contributed by atoms with Crippen molar-refractivity contribution in [3.8, 4) is 11.5 Å². The molecule has 2 heterocycles. The van der Waals surface area contributed by atoms with Gasteiger partial charge in [-0.2, -0.15) is 0 Å². The number of hydrogen-bond acceptors (Lipinski definition) is 6. The van der Waals surface area contributed by atoms with E-state index >= 15 is 0 Å². The first-order valence-electron chi connectivity index (χ1n) is 7.08. The Morgan fingerprint density at radius 1 is 0.913 bits per heavy atom. The molecule has 112 valence electrons. The van der Waals surface area contributed by atoms with E-state index in [2.05, 4.69) is 20.2 Å². The van der Waals surface area contributed by atoms with Gasteiger partial charge in [0.15, 0.2) is 0 Å². The van der Waals surface area contributed by atoms with Crippen molar-refractivity contribution in [2.45, 2.75) is 17.2 Å². The lowest BCUT2D eigenvalue weighted by Gasteiger charge is -2.03. The molecule has 0 aliphatic heterocycles. The van der Waals surface area contributed by atoms with Gasteiger partial charge >= 0.3 is 0 Å². The number of fused-ring (bicyclic) bond motifs is 1. The molecule has 0 fully saturated rings. The first-order chi connectivity index (χ1) is 11.3. The first kappa shape index (κ1) is 13.9. The standard InChI is InChI=1S/C17H12N4OS/c1-11-6-5-9-13-14(11)18-10-19-16(13)23-17-21-20-15(22-17)12-7-3-2-4-8-12/h2-10H,1H3. The summed E-state index contributed by atoms with van der Waals surface area (Å²) < 4.78 is 5.73. The Balaban J connectivity index is 1.70. The summed E-state index contributed by atoms with van der Waals surface area (Å²) in [7, 11) is 0. The fourth-order valence-corrected chi connectivity index (χ4v) is 3.07. The van der Waals surface area contributed by atoms with Crippen molar-refractivity contribution in [2.75, 3.05) is 0 Å². The predicted molar refractivity (Wildman–Crippen MR) is 88.1 cm³/mol. The van der Waals surface area contributed by atoms with Crippen LogP contribution in [0.25, 0.3) is 22.4 Å². The Labute approximate surface area is 136 Å². The van der Waals surface area contributed by atoms with Crippen LogP contribution in [0.5, 0.6) is 0 Å². The largest absolute Gasteiger partial charge is 0.411 e. The second-order valence-electron chi connectivity index (χ2n) is 4.99. The molecule has 0 saturated carbocycles. The summed E-state index contributed by atoms with van der Waals surface area (Å²) in [6.45, 7) is 2.03. The number of aryl methyl sites for hydroxylation is 1. The van der Waals surface area contributed by atoms with E-state index in [1.165, 1.54) is 11.8 Å². The molecule has 0 radical (unpaired) electrons. The molecule has 0 atom stereocenters. The Bertz CT molecular complexity index is 969. The van der Waals surface area contributed by atoms with Crippen LogP contribution in [-0.4, -0.2) is 20.2 Å². The number of benzene rings is 2. The molecule has 0 bridgehead atoms. The maximum atomic E-state index is 5.73. The molecule has 4 rings (SSSR count). The monoisotopic (exact) mass is 320 g/mol.